The Morgan fingerprint density at radius 1 is 1.32 bits per heavy atom. The number of aryl methyl sites for hydroxylation is 1. The third-order valence-corrected chi connectivity index (χ3v) is 4.75. The average molecular weight is 341 g/mol. The number of piperidine rings is 1. The first-order valence-corrected chi connectivity index (χ1v) is 8.70. The second-order valence-corrected chi connectivity index (χ2v) is 6.51. The van der Waals surface area contributed by atoms with E-state index in [1.165, 1.54) is 0 Å². The van der Waals surface area contributed by atoms with Gasteiger partial charge in [0, 0.05) is 44.4 Å². The van der Waals surface area contributed by atoms with Gasteiger partial charge in [-0.3, -0.25) is 4.79 Å². The summed E-state index contributed by atoms with van der Waals surface area (Å²) in [5, 5.41) is 9.15. The van der Waals surface area contributed by atoms with E-state index in [9.17, 15) is 9.59 Å². The van der Waals surface area contributed by atoms with Crippen molar-refractivity contribution in [1.29, 1.82) is 0 Å². The first-order chi connectivity index (χ1) is 12.1. The van der Waals surface area contributed by atoms with Crippen molar-refractivity contribution >= 4 is 11.9 Å². The number of carbonyl (C=O) groups is 2. The fourth-order valence-corrected chi connectivity index (χ4v) is 3.39. The molecular weight excluding hydrogens is 318 g/mol. The second kappa shape index (κ2) is 7.96. The van der Waals surface area contributed by atoms with Gasteiger partial charge in [0.15, 0.2) is 0 Å². The zero-order valence-corrected chi connectivity index (χ0v) is 14.2. The van der Waals surface area contributed by atoms with Crippen LogP contribution in [0.1, 0.15) is 47.5 Å². The molecule has 0 radical (unpaired) electrons. The van der Waals surface area contributed by atoms with Crippen LogP contribution in [0.4, 0.5) is 0 Å². The molecule has 3 rings (SSSR count). The highest BCUT2D eigenvalue weighted by Crippen LogP contribution is 2.28. The Hall–Kier alpha value is -2.63. The van der Waals surface area contributed by atoms with Crippen molar-refractivity contribution < 1.29 is 14.7 Å². The standard InChI is InChI=1S/C19H23N3O3/c23-18(7-3-9-21-11-8-20-14-21)22-10-2-6-17(13-22)15-4-1-5-16(12-15)19(24)25/h1,4-5,8,11-12,14,17H,2-3,6-7,9-10,13H2,(H,24,25)/t17-/m0/s1. The van der Waals surface area contributed by atoms with Crippen molar-refractivity contribution in [3.63, 3.8) is 0 Å². The molecule has 25 heavy (non-hydrogen) atoms. The first kappa shape index (κ1) is 17.2. The van der Waals surface area contributed by atoms with E-state index in [1.54, 1.807) is 30.7 Å². The molecule has 1 aromatic carbocycles. The lowest BCUT2D eigenvalue weighted by atomic mass is 9.89. The number of imidazole rings is 1. The molecule has 0 aliphatic carbocycles. The highest BCUT2D eigenvalue weighted by Gasteiger charge is 2.24. The van der Waals surface area contributed by atoms with Gasteiger partial charge in [-0.05, 0) is 37.0 Å². The lowest BCUT2D eigenvalue weighted by Gasteiger charge is -2.33. The molecule has 0 unspecified atom stereocenters. The molecule has 2 aromatic rings. The van der Waals surface area contributed by atoms with Crippen molar-refractivity contribution in [3.8, 4) is 0 Å². The normalized spacial score (nSPS) is 17.4. The van der Waals surface area contributed by atoms with Gasteiger partial charge in [-0.2, -0.15) is 0 Å². The smallest absolute Gasteiger partial charge is 0.335 e. The summed E-state index contributed by atoms with van der Waals surface area (Å²) >= 11 is 0. The fraction of sp³-hybridized carbons (Fsp3) is 0.421. The quantitative estimate of drug-likeness (QED) is 0.876. The van der Waals surface area contributed by atoms with Gasteiger partial charge in [-0.1, -0.05) is 12.1 Å². The summed E-state index contributed by atoms with van der Waals surface area (Å²) in [5.41, 5.74) is 1.32. The Labute approximate surface area is 147 Å². The van der Waals surface area contributed by atoms with Gasteiger partial charge in [0.1, 0.15) is 0 Å². The minimum atomic E-state index is -0.912. The summed E-state index contributed by atoms with van der Waals surface area (Å²) in [5.74, 6) is -0.519. The maximum Gasteiger partial charge on any atom is 0.335 e. The highest BCUT2D eigenvalue weighted by atomic mass is 16.4. The lowest BCUT2D eigenvalue weighted by Crippen LogP contribution is -2.39. The molecule has 6 nitrogen and oxygen atoms in total. The largest absolute Gasteiger partial charge is 0.478 e. The van der Waals surface area contributed by atoms with Crippen LogP contribution in [-0.4, -0.2) is 44.5 Å². The summed E-state index contributed by atoms with van der Waals surface area (Å²) in [7, 11) is 0. The molecular formula is C19H23N3O3. The summed E-state index contributed by atoms with van der Waals surface area (Å²) < 4.78 is 1.98. The van der Waals surface area contributed by atoms with Crippen molar-refractivity contribution in [2.45, 2.75) is 38.1 Å². The summed E-state index contributed by atoms with van der Waals surface area (Å²) in [6.45, 7) is 2.26. The molecule has 1 atom stereocenters. The molecule has 0 saturated carbocycles. The van der Waals surface area contributed by atoms with Crippen LogP contribution >= 0.6 is 0 Å². The van der Waals surface area contributed by atoms with E-state index in [4.69, 9.17) is 5.11 Å². The van der Waals surface area contributed by atoms with Crippen LogP contribution in [0.15, 0.2) is 43.0 Å². The van der Waals surface area contributed by atoms with Crippen LogP contribution in [0.5, 0.6) is 0 Å². The Morgan fingerprint density at radius 2 is 2.20 bits per heavy atom. The van der Waals surface area contributed by atoms with E-state index in [-0.39, 0.29) is 11.8 Å². The predicted octanol–water partition coefficient (Wildman–Crippen LogP) is 2.77. The number of aromatic carboxylic acids is 1. The summed E-state index contributed by atoms with van der Waals surface area (Å²) in [6.07, 6.45) is 8.66. The van der Waals surface area contributed by atoms with E-state index in [0.717, 1.165) is 37.9 Å². The molecule has 2 heterocycles. The molecule has 1 amide bonds. The number of likely N-dealkylation sites (tertiary alicyclic amines) is 1. The number of hydrogen-bond donors (Lipinski definition) is 1. The molecule has 1 N–H and O–H groups in total. The van der Waals surface area contributed by atoms with Crippen molar-refractivity contribution in [1.82, 2.24) is 14.5 Å². The monoisotopic (exact) mass is 341 g/mol. The maximum absolute atomic E-state index is 12.5. The molecule has 0 bridgehead atoms. The Balaban J connectivity index is 1.56. The van der Waals surface area contributed by atoms with Gasteiger partial charge in [-0.25, -0.2) is 9.78 Å². The van der Waals surface area contributed by atoms with Crippen LogP contribution in [0, 0.1) is 0 Å². The zero-order valence-electron chi connectivity index (χ0n) is 14.2. The van der Waals surface area contributed by atoms with Crippen molar-refractivity contribution in [2.75, 3.05) is 13.1 Å². The summed E-state index contributed by atoms with van der Waals surface area (Å²) in [4.78, 5) is 29.6. The van der Waals surface area contributed by atoms with Crippen molar-refractivity contribution in [2.24, 2.45) is 0 Å². The highest BCUT2D eigenvalue weighted by molar-refractivity contribution is 5.87. The molecule has 1 aliphatic rings. The number of carbonyl (C=O) groups excluding carboxylic acids is 1. The number of hydrogen-bond acceptors (Lipinski definition) is 3. The minimum absolute atomic E-state index is 0.180. The van der Waals surface area contributed by atoms with Gasteiger partial charge in [-0.15, -0.1) is 0 Å². The van der Waals surface area contributed by atoms with Gasteiger partial charge < -0.3 is 14.6 Å². The number of rotatable bonds is 6. The first-order valence-electron chi connectivity index (χ1n) is 8.70. The number of benzene rings is 1. The average Bonchev–Trinajstić information content (AvgIpc) is 3.15. The van der Waals surface area contributed by atoms with E-state index >= 15 is 0 Å². The number of aromatic nitrogens is 2. The van der Waals surface area contributed by atoms with Gasteiger partial charge in [0.2, 0.25) is 5.91 Å². The maximum atomic E-state index is 12.5. The lowest BCUT2D eigenvalue weighted by molar-refractivity contribution is -0.132. The fourth-order valence-electron chi connectivity index (χ4n) is 3.39. The van der Waals surface area contributed by atoms with Gasteiger partial charge >= 0.3 is 5.97 Å². The van der Waals surface area contributed by atoms with Crippen LogP contribution in [-0.2, 0) is 11.3 Å². The van der Waals surface area contributed by atoms with Gasteiger partial charge in [0.25, 0.3) is 0 Å². The van der Waals surface area contributed by atoms with Gasteiger partial charge in [0.05, 0.1) is 11.9 Å². The van der Waals surface area contributed by atoms with Crippen LogP contribution in [0.3, 0.4) is 0 Å². The Kier molecular flexibility index (Phi) is 5.48. The number of nitrogens with zero attached hydrogens (tertiary/aromatic N) is 3. The van der Waals surface area contributed by atoms with Crippen LogP contribution < -0.4 is 0 Å². The molecule has 6 heteroatoms. The summed E-state index contributed by atoms with van der Waals surface area (Å²) in [6, 6.07) is 7.09. The Bertz CT molecular complexity index is 727. The molecule has 1 aromatic heterocycles. The SMILES string of the molecule is O=C(O)c1cccc([C@H]2CCCN(C(=O)CCCn3ccnc3)C2)c1. The van der Waals surface area contributed by atoms with E-state index < -0.39 is 5.97 Å². The number of carboxylic acid groups (broad SMARTS) is 1. The van der Waals surface area contributed by atoms with E-state index in [1.807, 2.05) is 21.7 Å². The molecule has 132 valence electrons. The molecule has 1 aliphatic heterocycles. The van der Waals surface area contributed by atoms with E-state index in [0.29, 0.717) is 18.5 Å². The minimum Gasteiger partial charge on any atom is -0.478 e. The Morgan fingerprint density at radius 3 is 2.96 bits per heavy atom. The zero-order chi connectivity index (χ0) is 17.6. The van der Waals surface area contributed by atoms with Crippen molar-refractivity contribution in [3.05, 3.63) is 54.1 Å². The molecule has 1 fully saturated rings. The van der Waals surface area contributed by atoms with Crippen LogP contribution in [0.2, 0.25) is 0 Å². The number of amides is 1. The molecule has 1 saturated heterocycles. The van der Waals surface area contributed by atoms with E-state index in [2.05, 4.69) is 4.98 Å². The predicted molar refractivity (Wildman–Crippen MR) is 93.4 cm³/mol. The third-order valence-electron chi connectivity index (χ3n) is 4.75. The van der Waals surface area contributed by atoms with Crippen LogP contribution in [0.25, 0.3) is 0 Å². The third kappa shape index (κ3) is 4.47. The molecule has 0 spiro atoms. The topological polar surface area (TPSA) is 75.4 Å². The second-order valence-electron chi connectivity index (χ2n) is 6.51. The number of carboxylic acids is 1.